The highest BCUT2D eigenvalue weighted by Crippen LogP contribution is 2.15. The summed E-state index contributed by atoms with van der Waals surface area (Å²) in [5, 5.41) is 4.29. The van der Waals surface area contributed by atoms with E-state index in [0.29, 0.717) is 10.6 Å². The SMILES string of the molecule is CC(=O)N/C(=C/S(=O)c1ccccc1)c1ccccc1. The highest BCUT2D eigenvalue weighted by molar-refractivity contribution is 7.88. The summed E-state index contributed by atoms with van der Waals surface area (Å²) in [4.78, 5) is 12.0. The molecule has 0 bridgehead atoms. The summed E-state index contributed by atoms with van der Waals surface area (Å²) in [7, 11) is -1.31. The molecule has 20 heavy (non-hydrogen) atoms. The van der Waals surface area contributed by atoms with Crippen LogP contribution in [0.25, 0.3) is 5.70 Å². The summed E-state index contributed by atoms with van der Waals surface area (Å²) in [6.45, 7) is 1.43. The van der Waals surface area contributed by atoms with Crippen molar-refractivity contribution in [3.63, 3.8) is 0 Å². The van der Waals surface area contributed by atoms with Crippen molar-refractivity contribution in [2.45, 2.75) is 11.8 Å². The maximum absolute atomic E-state index is 12.3. The first-order valence-electron chi connectivity index (χ1n) is 6.17. The fourth-order valence-corrected chi connectivity index (χ4v) is 2.68. The summed E-state index contributed by atoms with van der Waals surface area (Å²) in [6.07, 6.45) is 0. The standard InChI is InChI=1S/C16H15NO2S/c1-13(18)17-16(14-8-4-2-5-9-14)12-20(19)15-10-6-3-7-11-15/h2-12H,1H3,(H,17,18)/b16-12+. The predicted molar refractivity (Wildman–Crippen MR) is 81.1 cm³/mol. The lowest BCUT2D eigenvalue weighted by molar-refractivity contribution is -0.117. The minimum absolute atomic E-state index is 0.190. The fourth-order valence-electron chi connectivity index (χ4n) is 1.71. The van der Waals surface area contributed by atoms with Gasteiger partial charge in [-0.05, 0) is 17.7 Å². The quantitative estimate of drug-likeness (QED) is 0.939. The van der Waals surface area contributed by atoms with Crippen LogP contribution in [0.2, 0.25) is 0 Å². The molecule has 0 spiro atoms. The Morgan fingerprint density at radius 3 is 2.10 bits per heavy atom. The van der Waals surface area contributed by atoms with Crippen LogP contribution in [0.5, 0.6) is 0 Å². The summed E-state index contributed by atoms with van der Waals surface area (Å²) in [6, 6.07) is 18.5. The summed E-state index contributed by atoms with van der Waals surface area (Å²) >= 11 is 0. The molecule has 0 aliphatic heterocycles. The van der Waals surface area contributed by atoms with E-state index < -0.39 is 10.8 Å². The molecule has 4 heteroatoms. The molecule has 2 rings (SSSR count). The van der Waals surface area contributed by atoms with Gasteiger partial charge in [0.2, 0.25) is 5.91 Å². The van der Waals surface area contributed by atoms with Crippen molar-refractivity contribution in [2.24, 2.45) is 0 Å². The molecule has 0 aliphatic rings. The molecule has 3 nitrogen and oxygen atoms in total. The molecule has 0 aromatic heterocycles. The van der Waals surface area contributed by atoms with E-state index in [-0.39, 0.29) is 5.91 Å². The third-order valence-corrected chi connectivity index (χ3v) is 3.78. The van der Waals surface area contributed by atoms with E-state index in [9.17, 15) is 9.00 Å². The Hall–Kier alpha value is -2.20. The normalized spacial score (nSPS) is 12.8. The zero-order valence-corrected chi connectivity index (χ0v) is 11.9. The van der Waals surface area contributed by atoms with Crippen LogP contribution in [0.15, 0.2) is 71.0 Å². The van der Waals surface area contributed by atoms with Gasteiger partial charge >= 0.3 is 0 Å². The van der Waals surface area contributed by atoms with Crippen LogP contribution in [0.3, 0.4) is 0 Å². The highest BCUT2D eigenvalue weighted by atomic mass is 32.2. The third-order valence-electron chi connectivity index (χ3n) is 2.60. The van der Waals surface area contributed by atoms with Gasteiger partial charge in [0, 0.05) is 17.2 Å². The largest absolute Gasteiger partial charge is 0.325 e. The molecule has 2 aromatic carbocycles. The summed E-state index contributed by atoms with van der Waals surface area (Å²) in [5.74, 6) is -0.190. The van der Waals surface area contributed by atoms with Gasteiger partial charge in [0.05, 0.1) is 16.5 Å². The topological polar surface area (TPSA) is 46.2 Å². The molecule has 0 aliphatic carbocycles. The van der Waals surface area contributed by atoms with Crippen LogP contribution in [0.1, 0.15) is 12.5 Å². The Bertz CT molecular complexity index is 636. The van der Waals surface area contributed by atoms with Gasteiger partial charge in [0.1, 0.15) is 0 Å². The molecule has 1 atom stereocenters. The van der Waals surface area contributed by atoms with Crippen LogP contribution >= 0.6 is 0 Å². The van der Waals surface area contributed by atoms with Crippen LogP contribution in [0.4, 0.5) is 0 Å². The van der Waals surface area contributed by atoms with Crippen LogP contribution < -0.4 is 5.32 Å². The van der Waals surface area contributed by atoms with E-state index in [1.165, 1.54) is 6.92 Å². The minimum atomic E-state index is -1.31. The van der Waals surface area contributed by atoms with E-state index in [2.05, 4.69) is 5.32 Å². The number of nitrogens with one attached hydrogen (secondary N) is 1. The van der Waals surface area contributed by atoms with Gasteiger partial charge in [0.25, 0.3) is 0 Å². The number of hydrogen-bond acceptors (Lipinski definition) is 2. The molecule has 1 amide bonds. The van der Waals surface area contributed by atoms with Crippen molar-refractivity contribution >= 4 is 22.4 Å². The lowest BCUT2D eigenvalue weighted by atomic mass is 10.2. The zero-order chi connectivity index (χ0) is 14.4. The molecule has 0 saturated heterocycles. The predicted octanol–water partition coefficient (Wildman–Crippen LogP) is 2.93. The Morgan fingerprint density at radius 2 is 1.55 bits per heavy atom. The number of amides is 1. The second-order valence-corrected chi connectivity index (χ2v) is 5.49. The fraction of sp³-hybridized carbons (Fsp3) is 0.0625. The number of benzene rings is 2. The molecule has 2 aromatic rings. The number of carbonyl (C=O) groups is 1. The first-order chi connectivity index (χ1) is 9.66. The van der Waals surface area contributed by atoms with Crippen molar-refractivity contribution in [1.82, 2.24) is 5.32 Å². The maximum Gasteiger partial charge on any atom is 0.221 e. The van der Waals surface area contributed by atoms with Crippen LogP contribution in [0, 0.1) is 0 Å². The molecule has 102 valence electrons. The lowest BCUT2D eigenvalue weighted by Gasteiger charge is -2.08. The van der Waals surface area contributed by atoms with Gasteiger partial charge in [-0.3, -0.25) is 4.79 Å². The highest BCUT2D eigenvalue weighted by Gasteiger charge is 2.07. The monoisotopic (exact) mass is 285 g/mol. The molecule has 0 saturated carbocycles. The number of carbonyl (C=O) groups excluding carboxylic acids is 1. The molecular formula is C16H15NO2S. The molecule has 1 unspecified atom stereocenters. The molecule has 1 N–H and O–H groups in total. The van der Waals surface area contributed by atoms with E-state index in [1.807, 2.05) is 48.5 Å². The Balaban J connectivity index is 2.34. The maximum atomic E-state index is 12.3. The van der Waals surface area contributed by atoms with Crippen molar-refractivity contribution in [1.29, 1.82) is 0 Å². The van der Waals surface area contributed by atoms with Crippen LogP contribution in [-0.2, 0) is 15.6 Å². The number of rotatable bonds is 4. The van der Waals surface area contributed by atoms with E-state index in [0.717, 1.165) is 5.56 Å². The summed E-state index contributed by atoms with van der Waals surface area (Å²) < 4.78 is 12.3. The van der Waals surface area contributed by atoms with Crippen molar-refractivity contribution in [3.05, 3.63) is 71.6 Å². The van der Waals surface area contributed by atoms with Crippen molar-refractivity contribution in [2.75, 3.05) is 0 Å². The Morgan fingerprint density at radius 1 is 1.00 bits per heavy atom. The van der Waals surface area contributed by atoms with Gasteiger partial charge < -0.3 is 5.32 Å². The second kappa shape index (κ2) is 6.82. The average Bonchev–Trinajstić information content (AvgIpc) is 2.48. The Kier molecular flexibility index (Phi) is 4.85. The molecular weight excluding hydrogens is 270 g/mol. The van der Waals surface area contributed by atoms with E-state index in [1.54, 1.807) is 17.5 Å². The zero-order valence-electron chi connectivity index (χ0n) is 11.1. The second-order valence-electron chi connectivity index (χ2n) is 4.19. The van der Waals surface area contributed by atoms with Crippen molar-refractivity contribution in [3.8, 4) is 0 Å². The van der Waals surface area contributed by atoms with E-state index >= 15 is 0 Å². The van der Waals surface area contributed by atoms with Crippen molar-refractivity contribution < 1.29 is 9.00 Å². The smallest absolute Gasteiger partial charge is 0.221 e. The molecule has 0 heterocycles. The van der Waals surface area contributed by atoms with E-state index in [4.69, 9.17) is 0 Å². The van der Waals surface area contributed by atoms with Gasteiger partial charge in [-0.1, -0.05) is 48.5 Å². The minimum Gasteiger partial charge on any atom is -0.325 e. The lowest BCUT2D eigenvalue weighted by Crippen LogP contribution is -2.18. The van der Waals surface area contributed by atoms with Crippen LogP contribution in [-0.4, -0.2) is 10.1 Å². The van der Waals surface area contributed by atoms with Gasteiger partial charge in [0.15, 0.2) is 0 Å². The average molecular weight is 285 g/mol. The number of hydrogen-bond donors (Lipinski definition) is 1. The van der Waals surface area contributed by atoms with Gasteiger partial charge in [-0.25, -0.2) is 4.21 Å². The summed E-state index contributed by atoms with van der Waals surface area (Å²) in [5.41, 5.74) is 1.38. The molecule has 0 radical (unpaired) electrons. The first kappa shape index (κ1) is 14.2. The third kappa shape index (κ3) is 3.90. The Labute approximate surface area is 120 Å². The van der Waals surface area contributed by atoms with Gasteiger partial charge in [-0.2, -0.15) is 0 Å². The van der Waals surface area contributed by atoms with Gasteiger partial charge in [-0.15, -0.1) is 0 Å². The first-order valence-corrected chi connectivity index (χ1v) is 7.38. The molecule has 0 fully saturated rings.